The van der Waals surface area contributed by atoms with E-state index in [0.29, 0.717) is 44.2 Å². The average molecular weight is 533 g/mol. The molecule has 0 amide bonds. The molecule has 4 nitrogen and oxygen atoms in total. The van der Waals surface area contributed by atoms with E-state index in [1.165, 1.54) is 24.3 Å². The van der Waals surface area contributed by atoms with Crippen molar-refractivity contribution in [2.75, 3.05) is 0 Å². The van der Waals surface area contributed by atoms with Crippen molar-refractivity contribution in [3.8, 4) is 0 Å². The first kappa shape index (κ1) is 24.2. The zero-order valence-electron chi connectivity index (χ0n) is 21.1. The highest BCUT2D eigenvalue weighted by atomic mass is 19.1. The first-order chi connectivity index (χ1) is 19.5. The van der Waals surface area contributed by atoms with Crippen LogP contribution in [0.2, 0.25) is 0 Å². The second-order valence-corrected chi connectivity index (χ2v) is 10.2. The minimum Gasteiger partial charge on any atom is -0.423 e. The van der Waals surface area contributed by atoms with Crippen LogP contribution in [0.3, 0.4) is 0 Å². The molecule has 40 heavy (non-hydrogen) atoms. The van der Waals surface area contributed by atoms with Gasteiger partial charge >= 0.3 is 11.3 Å². The summed E-state index contributed by atoms with van der Waals surface area (Å²) in [5.74, 6) is -2.89. The van der Waals surface area contributed by atoms with Gasteiger partial charge in [0, 0.05) is 34.7 Å². The third-order valence-corrected chi connectivity index (χ3v) is 8.16. The molecular weight excluding hydrogens is 510 g/mol. The van der Waals surface area contributed by atoms with E-state index in [-0.39, 0.29) is 0 Å². The van der Waals surface area contributed by atoms with Crippen LogP contribution in [0.15, 0.2) is 128 Å². The molecule has 2 aromatic heterocycles. The molecule has 1 aliphatic carbocycles. The molecule has 6 aromatic rings. The van der Waals surface area contributed by atoms with Crippen LogP contribution < -0.4 is 11.3 Å². The van der Waals surface area contributed by atoms with Gasteiger partial charge in [-0.15, -0.1) is 0 Å². The highest BCUT2D eigenvalue weighted by Gasteiger charge is 2.55. The molecule has 0 N–H and O–H groups in total. The van der Waals surface area contributed by atoms with Crippen LogP contribution in [-0.2, 0) is 0 Å². The Labute approximate surface area is 227 Å². The number of rotatable bonds is 4. The summed E-state index contributed by atoms with van der Waals surface area (Å²) in [5.41, 5.74) is 1.90. The Bertz CT molecular complexity index is 1880. The molecule has 0 bridgehead atoms. The van der Waals surface area contributed by atoms with Gasteiger partial charge in [0.1, 0.15) is 22.8 Å². The van der Waals surface area contributed by atoms with Crippen LogP contribution in [-0.4, -0.2) is 0 Å². The number of halogens is 2. The zero-order chi connectivity index (χ0) is 27.4. The molecule has 4 atom stereocenters. The Morgan fingerprint density at radius 1 is 0.450 bits per heavy atom. The molecular formula is C34H22F2O4. The quantitative estimate of drug-likeness (QED) is 0.219. The lowest BCUT2D eigenvalue weighted by atomic mass is 9.48. The van der Waals surface area contributed by atoms with E-state index < -0.39 is 46.6 Å². The van der Waals surface area contributed by atoms with Crippen LogP contribution in [0.4, 0.5) is 8.78 Å². The lowest BCUT2D eigenvalue weighted by Gasteiger charge is -2.54. The fraction of sp³-hybridized carbons (Fsp3) is 0.118. The maximum absolute atomic E-state index is 15.5. The molecule has 6 heteroatoms. The third kappa shape index (κ3) is 3.79. The van der Waals surface area contributed by atoms with Crippen molar-refractivity contribution in [2.45, 2.75) is 23.7 Å². The Morgan fingerprint density at radius 2 is 0.800 bits per heavy atom. The van der Waals surface area contributed by atoms with Crippen molar-refractivity contribution in [1.82, 2.24) is 0 Å². The van der Waals surface area contributed by atoms with Gasteiger partial charge in [-0.05, 0) is 58.4 Å². The first-order valence-electron chi connectivity index (χ1n) is 13.1. The molecule has 1 aliphatic rings. The summed E-state index contributed by atoms with van der Waals surface area (Å²) in [4.78, 5) is 25.6. The molecule has 0 saturated heterocycles. The first-order valence-corrected chi connectivity index (χ1v) is 13.1. The van der Waals surface area contributed by atoms with Crippen molar-refractivity contribution >= 4 is 21.9 Å². The standard InChI is InChI=1S/C34H22F2O4/c35-25-13-5-1-11-21(25)31-32(22-12-2-6-14-26(22)36)34(24-18-30(38)40-28-16-8-4-10-20(24)28)33(31)23-17-29(37)39-27-15-7-3-9-19(23)27/h1-18,31-34H/t31-,32+,33+,34-. The van der Waals surface area contributed by atoms with E-state index in [4.69, 9.17) is 8.83 Å². The Balaban J connectivity index is 1.58. The van der Waals surface area contributed by atoms with Crippen LogP contribution >= 0.6 is 0 Å². The topological polar surface area (TPSA) is 60.4 Å². The van der Waals surface area contributed by atoms with Gasteiger partial charge in [-0.25, -0.2) is 18.4 Å². The van der Waals surface area contributed by atoms with Gasteiger partial charge in [0.15, 0.2) is 0 Å². The van der Waals surface area contributed by atoms with E-state index in [2.05, 4.69) is 0 Å². The molecule has 2 heterocycles. The van der Waals surface area contributed by atoms with Gasteiger partial charge in [-0.1, -0.05) is 72.8 Å². The molecule has 1 fully saturated rings. The van der Waals surface area contributed by atoms with Gasteiger partial charge in [0.25, 0.3) is 0 Å². The highest BCUT2D eigenvalue weighted by molar-refractivity contribution is 5.84. The average Bonchev–Trinajstić information content (AvgIpc) is 2.94. The predicted molar refractivity (Wildman–Crippen MR) is 149 cm³/mol. The lowest BCUT2D eigenvalue weighted by Crippen LogP contribution is -2.41. The van der Waals surface area contributed by atoms with Crippen LogP contribution in [0.25, 0.3) is 21.9 Å². The van der Waals surface area contributed by atoms with E-state index in [1.807, 2.05) is 24.3 Å². The highest BCUT2D eigenvalue weighted by Crippen LogP contribution is 2.68. The Kier molecular flexibility index (Phi) is 5.70. The van der Waals surface area contributed by atoms with Gasteiger partial charge in [-0.2, -0.15) is 0 Å². The van der Waals surface area contributed by atoms with Crippen molar-refractivity contribution in [3.63, 3.8) is 0 Å². The van der Waals surface area contributed by atoms with Crippen LogP contribution in [0, 0.1) is 11.6 Å². The monoisotopic (exact) mass is 532 g/mol. The van der Waals surface area contributed by atoms with Crippen LogP contribution in [0.5, 0.6) is 0 Å². The number of hydrogen-bond donors (Lipinski definition) is 0. The van der Waals surface area contributed by atoms with Crippen molar-refractivity contribution < 1.29 is 17.6 Å². The number of para-hydroxylation sites is 2. The molecule has 0 unspecified atom stereocenters. The van der Waals surface area contributed by atoms with Gasteiger partial charge in [0.05, 0.1) is 0 Å². The van der Waals surface area contributed by atoms with Gasteiger partial charge in [0.2, 0.25) is 0 Å². The maximum Gasteiger partial charge on any atom is 0.336 e. The minimum atomic E-state index is -0.542. The zero-order valence-corrected chi connectivity index (χ0v) is 21.1. The fourth-order valence-electron chi connectivity index (χ4n) is 6.61. The smallest absolute Gasteiger partial charge is 0.336 e. The molecule has 0 spiro atoms. The normalized spacial score (nSPS) is 20.4. The Hall–Kier alpha value is -4.84. The summed E-state index contributed by atoms with van der Waals surface area (Å²) in [7, 11) is 0. The summed E-state index contributed by atoms with van der Waals surface area (Å²) in [5, 5.41) is 1.41. The maximum atomic E-state index is 15.5. The molecule has 7 rings (SSSR count). The third-order valence-electron chi connectivity index (χ3n) is 8.16. The summed E-state index contributed by atoms with van der Waals surface area (Å²) >= 11 is 0. The van der Waals surface area contributed by atoms with Crippen LogP contribution in [0.1, 0.15) is 45.9 Å². The van der Waals surface area contributed by atoms with E-state index in [0.717, 1.165) is 0 Å². The second kappa shape index (κ2) is 9.42. The largest absolute Gasteiger partial charge is 0.423 e. The summed E-state index contributed by atoms with van der Waals surface area (Å²) < 4.78 is 42.1. The fourth-order valence-corrected chi connectivity index (χ4v) is 6.61. The molecule has 1 saturated carbocycles. The van der Waals surface area contributed by atoms with E-state index >= 15 is 8.78 Å². The summed E-state index contributed by atoms with van der Waals surface area (Å²) in [6, 6.07) is 30.2. The summed E-state index contributed by atoms with van der Waals surface area (Å²) in [6.07, 6.45) is 0. The van der Waals surface area contributed by atoms with E-state index in [1.54, 1.807) is 60.7 Å². The number of fused-ring (bicyclic) bond motifs is 2. The van der Waals surface area contributed by atoms with E-state index in [9.17, 15) is 9.59 Å². The van der Waals surface area contributed by atoms with Crippen molar-refractivity contribution in [2.24, 2.45) is 0 Å². The van der Waals surface area contributed by atoms with Gasteiger partial charge in [-0.3, -0.25) is 0 Å². The predicted octanol–water partition coefficient (Wildman–Crippen LogP) is 7.63. The molecule has 196 valence electrons. The summed E-state index contributed by atoms with van der Waals surface area (Å²) in [6.45, 7) is 0. The second-order valence-electron chi connectivity index (χ2n) is 10.2. The number of benzene rings is 4. The van der Waals surface area contributed by atoms with Crippen molar-refractivity contribution in [3.05, 3.63) is 164 Å². The van der Waals surface area contributed by atoms with Crippen molar-refractivity contribution in [1.29, 1.82) is 0 Å². The molecule has 0 aliphatic heterocycles. The van der Waals surface area contributed by atoms with Gasteiger partial charge < -0.3 is 8.83 Å². The minimum absolute atomic E-state index is 0.405. The molecule has 0 radical (unpaired) electrons. The SMILES string of the molecule is O=c1cc([C@@H]2[C@@H](c3ccccc3F)[C@@H](c3ccccc3F)[C@@H]2c2cc(=O)oc3ccccc23)c2ccccc2o1. The Morgan fingerprint density at radius 3 is 1.23 bits per heavy atom. The lowest BCUT2D eigenvalue weighted by molar-refractivity contribution is 0.220. The number of hydrogen-bond acceptors (Lipinski definition) is 4. The molecule has 4 aromatic carbocycles.